The van der Waals surface area contributed by atoms with Crippen molar-refractivity contribution < 1.29 is 9.90 Å². The smallest absolute Gasteiger partial charge is 0.203 e. The van der Waals surface area contributed by atoms with Gasteiger partial charge in [-0.15, -0.1) is 0 Å². The van der Waals surface area contributed by atoms with Crippen LogP contribution in [0.1, 0.15) is 40.2 Å². The number of carbonyl (C=O) groups is 1. The van der Waals surface area contributed by atoms with Crippen molar-refractivity contribution in [2.45, 2.75) is 34.6 Å². The molecule has 0 amide bonds. The van der Waals surface area contributed by atoms with E-state index in [1.165, 1.54) is 0 Å². The molecule has 0 bridgehead atoms. The number of aliphatic hydroxyl groups is 1. The third kappa shape index (κ3) is 2.62. The molecule has 0 atom stereocenters. The van der Waals surface area contributed by atoms with Gasteiger partial charge in [-0.25, -0.2) is 0 Å². The average Bonchev–Trinajstić information content (AvgIpc) is 2.85. The van der Waals surface area contributed by atoms with Crippen molar-refractivity contribution in [2.75, 3.05) is 18.0 Å². The van der Waals surface area contributed by atoms with Crippen LogP contribution in [0.5, 0.6) is 0 Å². The molecule has 1 aliphatic carbocycles. The van der Waals surface area contributed by atoms with Crippen molar-refractivity contribution in [1.29, 1.82) is 0 Å². The summed E-state index contributed by atoms with van der Waals surface area (Å²) in [4.78, 5) is 19.4. The first-order valence-corrected chi connectivity index (χ1v) is 8.72. The molecular formula is C21H24N2O2. The van der Waals surface area contributed by atoms with Gasteiger partial charge in [0.2, 0.25) is 5.78 Å². The van der Waals surface area contributed by atoms with E-state index in [0.29, 0.717) is 16.8 Å². The number of hydrogen-bond donors (Lipinski definition) is 1. The van der Waals surface area contributed by atoms with Gasteiger partial charge >= 0.3 is 0 Å². The van der Waals surface area contributed by atoms with Crippen LogP contribution >= 0.6 is 0 Å². The molecule has 1 aromatic rings. The van der Waals surface area contributed by atoms with E-state index in [4.69, 9.17) is 0 Å². The number of carbonyl (C=O) groups excluding carboxylic acids is 1. The van der Waals surface area contributed by atoms with Crippen LogP contribution in [-0.4, -0.2) is 29.7 Å². The highest BCUT2D eigenvalue weighted by Crippen LogP contribution is 2.42. The van der Waals surface area contributed by atoms with Crippen molar-refractivity contribution in [3.8, 4) is 0 Å². The number of benzene rings is 1. The van der Waals surface area contributed by atoms with Gasteiger partial charge < -0.3 is 10.0 Å². The van der Waals surface area contributed by atoms with Crippen LogP contribution in [-0.2, 0) is 4.79 Å². The van der Waals surface area contributed by atoms with Crippen LogP contribution in [0.15, 0.2) is 57.4 Å². The Balaban J connectivity index is 1.98. The first-order valence-electron chi connectivity index (χ1n) is 8.72. The second kappa shape index (κ2) is 6.36. The summed E-state index contributed by atoms with van der Waals surface area (Å²) in [5.41, 5.74) is 6.14. The number of aliphatic hydroxyl groups excluding tert-OH is 1. The lowest BCUT2D eigenvalue weighted by Gasteiger charge is -2.24. The highest BCUT2D eigenvalue weighted by atomic mass is 16.3. The molecule has 0 saturated carbocycles. The molecule has 1 N–H and O–H groups in total. The van der Waals surface area contributed by atoms with E-state index in [-0.39, 0.29) is 11.5 Å². The van der Waals surface area contributed by atoms with Crippen LogP contribution in [0, 0.1) is 0 Å². The molecule has 130 valence electrons. The van der Waals surface area contributed by atoms with E-state index < -0.39 is 0 Å². The zero-order chi connectivity index (χ0) is 18.3. The summed E-state index contributed by atoms with van der Waals surface area (Å²) < 4.78 is 0. The van der Waals surface area contributed by atoms with Crippen LogP contribution in [0.3, 0.4) is 0 Å². The maximum atomic E-state index is 12.7. The fourth-order valence-electron chi connectivity index (χ4n) is 3.35. The summed E-state index contributed by atoms with van der Waals surface area (Å²) >= 11 is 0. The molecule has 2 aliphatic rings. The van der Waals surface area contributed by atoms with Gasteiger partial charge in [0.25, 0.3) is 0 Å². The molecule has 4 nitrogen and oxygen atoms in total. The molecule has 0 aromatic heterocycles. The second-order valence-electron chi connectivity index (χ2n) is 6.44. The van der Waals surface area contributed by atoms with Gasteiger partial charge in [0.05, 0.1) is 16.8 Å². The second-order valence-corrected chi connectivity index (χ2v) is 6.44. The molecule has 1 heterocycles. The summed E-state index contributed by atoms with van der Waals surface area (Å²) in [5.74, 6) is -0.0742. The number of nitrogens with zero attached hydrogens (tertiary/aromatic N) is 2. The third-order valence-corrected chi connectivity index (χ3v) is 5.19. The topological polar surface area (TPSA) is 52.9 Å². The minimum absolute atomic E-state index is 0.0567. The molecular weight excluding hydrogens is 312 g/mol. The minimum Gasteiger partial charge on any atom is -0.506 e. The van der Waals surface area contributed by atoms with Crippen LogP contribution < -0.4 is 4.90 Å². The van der Waals surface area contributed by atoms with Crippen molar-refractivity contribution in [1.82, 2.24) is 0 Å². The van der Waals surface area contributed by atoms with Crippen molar-refractivity contribution in [2.24, 2.45) is 4.99 Å². The lowest BCUT2D eigenvalue weighted by molar-refractivity contribution is -0.111. The van der Waals surface area contributed by atoms with E-state index in [1.54, 1.807) is 0 Å². The van der Waals surface area contributed by atoms with Crippen molar-refractivity contribution in [3.05, 3.63) is 58.0 Å². The predicted molar refractivity (Wildman–Crippen MR) is 103 cm³/mol. The highest BCUT2D eigenvalue weighted by molar-refractivity contribution is 6.39. The Morgan fingerprint density at radius 3 is 2.00 bits per heavy atom. The van der Waals surface area contributed by atoms with Crippen LogP contribution in [0.4, 0.5) is 5.69 Å². The highest BCUT2D eigenvalue weighted by Gasteiger charge is 2.38. The molecule has 4 heteroatoms. The normalized spacial score (nSPS) is 20.2. The summed E-state index contributed by atoms with van der Waals surface area (Å²) in [7, 11) is 0. The SMILES string of the molecule is CCN(CC)c1ccc(C2=C(O)C(=C3N=C(C)C(C)=C3C)C2=O)cc1. The molecule has 0 saturated heterocycles. The maximum Gasteiger partial charge on any atom is 0.203 e. The Bertz CT molecular complexity index is 864. The Morgan fingerprint density at radius 1 is 0.960 bits per heavy atom. The Hall–Kier alpha value is -2.62. The largest absolute Gasteiger partial charge is 0.506 e. The Morgan fingerprint density at radius 2 is 1.56 bits per heavy atom. The van der Waals surface area contributed by atoms with E-state index in [2.05, 4.69) is 23.7 Å². The molecule has 0 unspecified atom stereocenters. The number of Topliss-reactive ketones (excluding diaryl/α,β-unsaturated/α-hetero) is 1. The monoisotopic (exact) mass is 336 g/mol. The molecule has 3 rings (SSSR count). The van der Waals surface area contributed by atoms with Gasteiger partial charge in [0.1, 0.15) is 5.76 Å². The van der Waals surface area contributed by atoms with Gasteiger partial charge in [0, 0.05) is 24.5 Å². The van der Waals surface area contributed by atoms with Gasteiger partial charge in [0.15, 0.2) is 0 Å². The van der Waals surface area contributed by atoms with Crippen molar-refractivity contribution >= 4 is 22.8 Å². The number of rotatable bonds is 4. The van der Waals surface area contributed by atoms with Crippen molar-refractivity contribution in [3.63, 3.8) is 0 Å². The summed E-state index contributed by atoms with van der Waals surface area (Å²) in [5, 5.41) is 10.5. The fourth-order valence-corrected chi connectivity index (χ4v) is 3.35. The summed E-state index contributed by atoms with van der Waals surface area (Å²) in [6, 6.07) is 7.79. The fraction of sp³-hybridized carbons (Fsp3) is 0.333. The van der Waals surface area contributed by atoms with Crippen LogP contribution in [0.25, 0.3) is 5.57 Å². The first kappa shape index (κ1) is 17.2. The zero-order valence-corrected chi connectivity index (χ0v) is 15.5. The summed E-state index contributed by atoms with van der Waals surface area (Å²) in [6.07, 6.45) is 0. The van der Waals surface area contributed by atoms with E-state index >= 15 is 0 Å². The molecule has 25 heavy (non-hydrogen) atoms. The standard InChI is InChI=1S/C21H24N2O2/c1-6-23(7-2)16-10-8-15(9-11-16)17-20(24)18(21(17)25)19-13(4)12(3)14(5)22-19/h8-11,24H,6-7H2,1-5H3. The number of anilines is 1. The number of aliphatic imine (C=N–C) groups is 1. The molecule has 1 aliphatic heterocycles. The Kier molecular flexibility index (Phi) is 4.38. The zero-order valence-electron chi connectivity index (χ0n) is 15.5. The number of allylic oxidation sites excluding steroid dienone is 4. The molecule has 0 radical (unpaired) electrons. The van der Waals surface area contributed by atoms with Crippen LogP contribution in [0.2, 0.25) is 0 Å². The number of hydrogen-bond acceptors (Lipinski definition) is 4. The van der Waals surface area contributed by atoms with E-state index in [0.717, 1.165) is 41.2 Å². The van der Waals surface area contributed by atoms with Gasteiger partial charge in [-0.05, 0) is 63.5 Å². The van der Waals surface area contributed by atoms with Gasteiger partial charge in [-0.3, -0.25) is 9.79 Å². The first-order chi connectivity index (χ1) is 11.9. The van der Waals surface area contributed by atoms with Gasteiger partial charge in [-0.2, -0.15) is 0 Å². The lowest BCUT2D eigenvalue weighted by Crippen LogP contribution is -2.23. The average molecular weight is 336 g/mol. The van der Waals surface area contributed by atoms with E-state index in [1.807, 2.05) is 45.0 Å². The molecule has 0 fully saturated rings. The molecule has 0 spiro atoms. The Labute approximate surface area is 148 Å². The minimum atomic E-state index is -0.131. The lowest BCUT2D eigenvalue weighted by atomic mass is 9.81. The predicted octanol–water partition coefficient (Wildman–Crippen LogP) is 4.45. The maximum absolute atomic E-state index is 12.7. The van der Waals surface area contributed by atoms with Gasteiger partial charge in [-0.1, -0.05) is 12.1 Å². The molecule has 1 aromatic carbocycles. The summed E-state index contributed by atoms with van der Waals surface area (Å²) in [6.45, 7) is 11.9. The third-order valence-electron chi connectivity index (χ3n) is 5.19. The number of ketones is 1. The van der Waals surface area contributed by atoms with E-state index in [9.17, 15) is 9.90 Å². The quantitative estimate of drug-likeness (QED) is 0.827.